The van der Waals surface area contributed by atoms with Crippen LogP contribution >= 0.6 is 11.3 Å². The fourth-order valence-electron chi connectivity index (χ4n) is 1.86. The van der Waals surface area contributed by atoms with Crippen molar-refractivity contribution in [1.82, 2.24) is 10.6 Å². The predicted molar refractivity (Wildman–Crippen MR) is 68.1 cm³/mol. The van der Waals surface area contributed by atoms with E-state index in [9.17, 15) is 0 Å². The molecular formula is C12H20N2OS. The zero-order valence-electron chi connectivity index (χ0n) is 9.58. The van der Waals surface area contributed by atoms with E-state index in [-0.39, 0.29) is 0 Å². The average molecular weight is 240 g/mol. The lowest BCUT2D eigenvalue weighted by molar-refractivity contribution is 0.0239. The second-order valence-corrected chi connectivity index (χ2v) is 5.10. The summed E-state index contributed by atoms with van der Waals surface area (Å²) >= 11 is 1.83. The zero-order chi connectivity index (χ0) is 11.1. The number of ether oxygens (including phenoxy) is 1. The molecule has 0 saturated carbocycles. The first-order valence-corrected chi connectivity index (χ1v) is 6.88. The zero-order valence-corrected chi connectivity index (χ0v) is 10.4. The van der Waals surface area contributed by atoms with E-state index in [1.54, 1.807) is 0 Å². The van der Waals surface area contributed by atoms with Crippen LogP contribution in [0.15, 0.2) is 17.5 Å². The van der Waals surface area contributed by atoms with Crippen molar-refractivity contribution < 1.29 is 4.74 Å². The molecule has 3 nitrogen and oxygen atoms in total. The Labute approximate surface area is 101 Å². The molecule has 90 valence electrons. The monoisotopic (exact) mass is 240 g/mol. The maximum Gasteiger partial charge on any atom is 0.0712 e. The standard InChI is InChI=1S/C12H20N2OS/c1-2-12(16-9-1)4-6-13-5-3-11-10-14-7-8-15-11/h1-2,9,11,13-14H,3-8,10H2. The Bertz CT molecular complexity index is 271. The van der Waals surface area contributed by atoms with Gasteiger partial charge < -0.3 is 15.4 Å². The largest absolute Gasteiger partial charge is 0.376 e. The minimum absolute atomic E-state index is 0.406. The molecule has 1 aliphatic rings. The third kappa shape index (κ3) is 4.22. The molecule has 0 bridgehead atoms. The fraction of sp³-hybridized carbons (Fsp3) is 0.667. The summed E-state index contributed by atoms with van der Waals surface area (Å²) in [5.41, 5.74) is 0. The first-order chi connectivity index (χ1) is 7.95. The van der Waals surface area contributed by atoms with Crippen molar-refractivity contribution in [1.29, 1.82) is 0 Å². The van der Waals surface area contributed by atoms with Crippen LogP contribution in [0.25, 0.3) is 0 Å². The third-order valence-electron chi connectivity index (χ3n) is 2.78. The second-order valence-electron chi connectivity index (χ2n) is 4.06. The van der Waals surface area contributed by atoms with Crippen molar-refractivity contribution in [3.8, 4) is 0 Å². The molecule has 16 heavy (non-hydrogen) atoms. The summed E-state index contributed by atoms with van der Waals surface area (Å²) in [5, 5.41) is 8.95. The van der Waals surface area contributed by atoms with Crippen LogP contribution in [0.3, 0.4) is 0 Å². The van der Waals surface area contributed by atoms with E-state index < -0.39 is 0 Å². The molecule has 1 atom stereocenters. The van der Waals surface area contributed by atoms with Gasteiger partial charge in [-0.05, 0) is 37.4 Å². The molecule has 1 unspecified atom stereocenters. The van der Waals surface area contributed by atoms with E-state index in [0.29, 0.717) is 6.10 Å². The van der Waals surface area contributed by atoms with E-state index >= 15 is 0 Å². The maximum atomic E-state index is 5.63. The van der Waals surface area contributed by atoms with Gasteiger partial charge in [0.05, 0.1) is 12.7 Å². The molecule has 1 aliphatic heterocycles. The van der Waals surface area contributed by atoms with E-state index in [4.69, 9.17) is 4.74 Å². The summed E-state index contributed by atoms with van der Waals surface area (Å²) in [6, 6.07) is 4.31. The molecule has 2 heterocycles. The van der Waals surface area contributed by atoms with Crippen LogP contribution in [0.1, 0.15) is 11.3 Å². The lowest BCUT2D eigenvalue weighted by atomic mass is 10.2. The van der Waals surface area contributed by atoms with E-state index in [1.807, 2.05) is 11.3 Å². The van der Waals surface area contributed by atoms with Crippen molar-refractivity contribution in [2.45, 2.75) is 18.9 Å². The SMILES string of the molecule is c1csc(CCNCCC2CNCCO2)c1. The van der Waals surface area contributed by atoms with Gasteiger partial charge in [0.1, 0.15) is 0 Å². The summed E-state index contributed by atoms with van der Waals surface area (Å²) in [5.74, 6) is 0. The topological polar surface area (TPSA) is 33.3 Å². The molecule has 1 saturated heterocycles. The first-order valence-electron chi connectivity index (χ1n) is 6.00. The van der Waals surface area contributed by atoms with Gasteiger partial charge in [0, 0.05) is 18.0 Å². The molecule has 1 aromatic rings. The summed E-state index contributed by atoms with van der Waals surface area (Å²) in [7, 11) is 0. The van der Waals surface area contributed by atoms with Crippen LogP contribution in [-0.2, 0) is 11.2 Å². The minimum atomic E-state index is 0.406. The first kappa shape index (κ1) is 12.0. The molecule has 0 aromatic carbocycles. The summed E-state index contributed by atoms with van der Waals surface area (Å²) in [6.45, 7) is 4.99. The normalized spacial score (nSPS) is 21.1. The van der Waals surface area contributed by atoms with Gasteiger partial charge in [0.25, 0.3) is 0 Å². The maximum absolute atomic E-state index is 5.63. The molecule has 0 spiro atoms. The van der Waals surface area contributed by atoms with Gasteiger partial charge in [-0.2, -0.15) is 0 Å². The van der Waals surface area contributed by atoms with Crippen molar-refractivity contribution in [2.75, 3.05) is 32.8 Å². The van der Waals surface area contributed by atoms with Crippen molar-refractivity contribution in [2.24, 2.45) is 0 Å². The lowest BCUT2D eigenvalue weighted by Gasteiger charge is -2.23. The Morgan fingerprint density at radius 3 is 3.25 bits per heavy atom. The predicted octanol–water partition coefficient (Wildman–Crippen LogP) is 1.26. The smallest absolute Gasteiger partial charge is 0.0712 e. The molecule has 0 amide bonds. The van der Waals surface area contributed by atoms with Crippen LogP contribution in [-0.4, -0.2) is 38.9 Å². The lowest BCUT2D eigenvalue weighted by Crippen LogP contribution is -2.40. The molecule has 1 fully saturated rings. The Balaban J connectivity index is 1.48. The third-order valence-corrected chi connectivity index (χ3v) is 3.71. The highest BCUT2D eigenvalue weighted by Gasteiger charge is 2.11. The minimum Gasteiger partial charge on any atom is -0.376 e. The summed E-state index contributed by atoms with van der Waals surface area (Å²) < 4.78 is 5.63. The number of nitrogens with one attached hydrogen (secondary N) is 2. The molecule has 1 aromatic heterocycles. The van der Waals surface area contributed by atoms with Crippen LogP contribution < -0.4 is 10.6 Å². The van der Waals surface area contributed by atoms with Gasteiger partial charge in [0.15, 0.2) is 0 Å². The molecule has 4 heteroatoms. The molecule has 0 aliphatic carbocycles. The Morgan fingerprint density at radius 2 is 2.50 bits per heavy atom. The molecule has 2 rings (SSSR count). The molecule has 2 N–H and O–H groups in total. The Morgan fingerprint density at radius 1 is 1.50 bits per heavy atom. The highest BCUT2D eigenvalue weighted by atomic mass is 32.1. The highest BCUT2D eigenvalue weighted by Crippen LogP contribution is 2.08. The summed E-state index contributed by atoms with van der Waals surface area (Å²) in [6.07, 6.45) is 2.65. The number of hydrogen-bond donors (Lipinski definition) is 2. The van der Waals surface area contributed by atoms with E-state index in [2.05, 4.69) is 28.1 Å². The van der Waals surface area contributed by atoms with Crippen LogP contribution in [0.5, 0.6) is 0 Å². The van der Waals surface area contributed by atoms with E-state index in [1.165, 1.54) is 4.88 Å². The van der Waals surface area contributed by atoms with Crippen LogP contribution in [0.4, 0.5) is 0 Å². The summed E-state index contributed by atoms with van der Waals surface area (Å²) in [4.78, 5) is 1.46. The Hall–Kier alpha value is -0.420. The van der Waals surface area contributed by atoms with Gasteiger partial charge in [-0.15, -0.1) is 11.3 Å². The number of hydrogen-bond acceptors (Lipinski definition) is 4. The van der Waals surface area contributed by atoms with Gasteiger partial charge in [0.2, 0.25) is 0 Å². The van der Waals surface area contributed by atoms with Gasteiger partial charge in [-0.25, -0.2) is 0 Å². The van der Waals surface area contributed by atoms with Gasteiger partial charge in [-0.1, -0.05) is 6.07 Å². The number of thiophene rings is 1. The highest BCUT2D eigenvalue weighted by molar-refractivity contribution is 7.09. The van der Waals surface area contributed by atoms with Crippen molar-refractivity contribution in [3.05, 3.63) is 22.4 Å². The van der Waals surface area contributed by atoms with Crippen molar-refractivity contribution in [3.63, 3.8) is 0 Å². The van der Waals surface area contributed by atoms with Gasteiger partial charge in [-0.3, -0.25) is 0 Å². The van der Waals surface area contributed by atoms with Crippen LogP contribution in [0, 0.1) is 0 Å². The quantitative estimate of drug-likeness (QED) is 0.735. The van der Waals surface area contributed by atoms with E-state index in [0.717, 1.165) is 45.6 Å². The molecule has 0 radical (unpaired) electrons. The van der Waals surface area contributed by atoms with Gasteiger partial charge >= 0.3 is 0 Å². The van der Waals surface area contributed by atoms with Crippen molar-refractivity contribution >= 4 is 11.3 Å². The number of morpholine rings is 1. The number of rotatable bonds is 6. The van der Waals surface area contributed by atoms with Crippen LogP contribution in [0.2, 0.25) is 0 Å². The second kappa shape index (κ2) is 7.01. The Kier molecular flexibility index (Phi) is 5.28. The molecular weight excluding hydrogens is 220 g/mol. The fourth-order valence-corrected chi connectivity index (χ4v) is 2.57. The average Bonchev–Trinajstić information content (AvgIpc) is 2.83.